The van der Waals surface area contributed by atoms with Crippen LogP contribution >= 0.6 is 11.6 Å². The van der Waals surface area contributed by atoms with Gasteiger partial charge in [-0.2, -0.15) is 0 Å². The molecule has 0 saturated heterocycles. The zero-order chi connectivity index (χ0) is 22.1. The topological polar surface area (TPSA) is 92.8 Å². The average Bonchev–Trinajstić information content (AvgIpc) is 2.74. The Morgan fingerprint density at radius 3 is 2.43 bits per heavy atom. The molecule has 0 aliphatic carbocycles. The fourth-order valence-electron chi connectivity index (χ4n) is 2.45. The molecule has 1 amide bonds. The van der Waals surface area contributed by atoms with Gasteiger partial charge >= 0.3 is 5.97 Å². The highest BCUT2D eigenvalue weighted by molar-refractivity contribution is 7.92. The first kappa shape index (κ1) is 23.2. The van der Waals surface area contributed by atoms with Gasteiger partial charge in [0.2, 0.25) is 0 Å². The third-order valence-electron chi connectivity index (χ3n) is 3.86. The van der Waals surface area contributed by atoms with Crippen LogP contribution in [0.1, 0.15) is 10.4 Å². The van der Waals surface area contributed by atoms with Crippen molar-refractivity contribution in [1.82, 2.24) is 5.32 Å². The number of esters is 1. The molecular weight excluding hydrogens is 428 g/mol. The van der Waals surface area contributed by atoms with Crippen LogP contribution in [-0.4, -0.2) is 40.0 Å². The molecule has 0 unspecified atom stereocenters. The maximum absolute atomic E-state index is 13.2. The fraction of sp³-hybridized carbons (Fsp3) is 0.143. The van der Waals surface area contributed by atoms with Crippen molar-refractivity contribution in [2.45, 2.75) is 4.90 Å². The molecule has 0 aliphatic heterocycles. The van der Waals surface area contributed by atoms with Crippen LogP contribution in [0.4, 0.5) is 5.69 Å². The van der Waals surface area contributed by atoms with E-state index in [1.807, 2.05) is 0 Å². The summed E-state index contributed by atoms with van der Waals surface area (Å²) in [5, 5.41) is 2.46. The quantitative estimate of drug-likeness (QED) is 0.445. The number of amides is 1. The summed E-state index contributed by atoms with van der Waals surface area (Å²) in [4.78, 5) is 23.8. The number of para-hydroxylation sites is 1. The predicted molar refractivity (Wildman–Crippen MR) is 116 cm³/mol. The molecule has 1 N–H and O–H groups in total. The van der Waals surface area contributed by atoms with Crippen molar-refractivity contribution in [3.8, 4) is 0 Å². The summed E-state index contributed by atoms with van der Waals surface area (Å²) < 4.78 is 32.5. The minimum absolute atomic E-state index is 0.000400. The van der Waals surface area contributed by atoms with Crippen molar-refractivity contribution in [2.75, 3.05) is 24.0 Å². The standard InChI is InChI=1S/C21H21ClN2O5S/c1-3-12-23-20(25)15-29-21(26)18-14-17(10-11-19(18)22)30(27,28)24(13-4-2)16-8-6-5-7-9-16/h3-11,14H,1-2,12-13,15H2,(H,23,25). The second kappa shape index (κ2) is 10.6. The number of nitrogens with zero attached hydrogens (tertiary/aromatic N) is 1. The van der Waals surface area contributed by atoms with Crippen LogP contribution in [0.3, 0.4) is 0 Å². The van der Waals surface area contributed by atoms with Gasteiger partial charge in [0, 0.05) is 6.54 Å². The number of nitrogens with one attached hydrogen (secondary N) is 1. The van der Waals surface area contributed by atoms with E-state index in [4.69, 9.17) is 16.3 Å². The van der Waals surface area contributed by atoms with Crippen molar-refractivity contribution >= 4 is 39.2 Å². The van der Waals surface area contributed by atoms with Crippen molar-refractivity contribution in [2.24, 2.45) is 0 Å². The van der Waals surface area contributed by atoms with Gasteiger partial charge in [-0.05, 0) is 30.3 Å². The molecule has 0 aromatic heterocycles. The molecule has 158 valence electrons. The number of sulfonamides is 1. The van der Waals surface area contributed by atoms with E-state index in [2.05, 4.69) is 18.5 Å². The summed E-state index contributed by atoms with van der Waals surface area (Å²) >= 11 is 6.06. The molecule has 0 aliphatic rings. The van der Waals surface area contributed by atoms with Crippen LogP contribution in [-0.2, 0) is 19.6 Å². The molecule has 0 fully saturated rings. The minimum Gasteiger partial charge on any atom is -0.452 e. The van der Waals surface area contributed by atoms with E-state index < -0.39 is 28.5 Å². The van der Waals surface area contributed by atoms with E-state index in [-0.39, 0.29) is 28.6 Å². The van der Waals surface area contributed by atoms with Crippen LogP contribution in [0.2, 0.25) is 5.02 Å². The van der Waals surface area contributed by atoms with Gasteiger partial charge in [-0.3, -0.25) is 9.10 Å². The third kappa shape index (κ3) is 5.71. The number of ether oxygens (including phenoxy) is 1. The van der Waals surface area contributed by atoms with Gasteiger partial charge < -0.3 is 10.1 Å². The van der Waals surface area contributed by atoms with Gasteiger partial charge in [0.1, 0.15) is 0 Å². The SMILES string of the molecule is C=CCNC(=O)COC(=O)c1cc(S(=O)(=O)N(CC=C)c2ccccc2)ccc1Cl. The molecular formula is C21H21ClN2O5S. The van der Waals surface area contributed by atoms with Crippen LogP contribution in [0, 0.1) is 0 Å². The summed E-state index contributed by atoms with van der Waals surface area (Å²) in [7, 11) is -4.03. The number of benzene rings is 2. The Morgan fingerprint density at radius 1 is 1.10 bits per heavy atom. The second-order valence-corrected chi connectivity index (χ2v) is 8.24. The van der Waals surface area contributed by atoms with Crippen molar-refractivity contribution in [3.05, 3.63) is 84.4 Å². The lowest BCUT2D eigenvalue weighted by Crippen LogP contribution is -2.31. The van der Waals surface area contributed by atoms with E-state index in [1.165, 1.54) is 24.3 Å². The second-order valence-electron chi connectivity index (χ2n) is 5.97. The van der Waals surface area contributed by atoms with Gasteiger partial charge in [-0.15, -0.1) is 13.2 Å². The van der Waals surface area contributed by atoms with E-state index >= 15 is 0 Å². The van der Waals surface area contributed by atoms with Gasteiger partial charge in [0.05, 0.1) is 27.7 Å². The summed E-state index contributed by atoms with van der Waals surface area (Å²) in [5.41, 5.74) is 0.274. The first-order chi connectivity index (χ1) is 14.3. The molecule has 2 aromatic carbocycles. The average molecular weight is 449 g/mol. The smallest absolute Gasteiger partial charge is 0.340 e. The number of halogens is 1. The summed E-state index contributed by atoms with van der Waals surface area (Å²) in [6, 6.07) is 12.2. The highest BCUT2D eigenvalue weighted by atomic mass is 35.5. The molecule has 7 nitrogen and oxygen atoms in total. The Hall–Kier alpha value is -3.10. The third-order valence-corrected chi connectivity index (χ3v) is 5.98. The molecule has 0 bridgehead atoms. The number of anilines is 1. The Balaban J connectivity index is 2.31. The molecule has 2 aromatic rings. The molecule has 30 heavy (non-hydrogen) atoms. The van der Waals surface area contributed by atoms with Crippen molar-refractivity contribution in [1.29, 1.82) is 0 Å². The highest BCUT2D eigenvalue weighted by Gasteiger charge is 2.26. The zero-order valence-electron chi connectivity index (χ0n) is 16.1. The fourth-order valence-corrected chi connectivity index (χ4v) is 4.11. The number of hydrogen-bond donors (Lipinski definition) is 1. The van der Waals surface area contributed by atoms with Crippen LogP contribution in [0.5, 0.6) is 0 Å². The number of hydrogen-bond acceptors (Lipinski definition) is 5. The summed E-state index contributed by atoms with van der Waals surface area (Å²) in [5.74, 6) is -1.44. The lowest BCUT2D eigenvalue weighted by Gasteiger charge is -2.23. The van der Waals surface area contributed by atoms with Crippen molar-refractivity contribution in [3.63, 3.8) is 0 Å². The number of rotatable bonds is 10. The van der Waals surface area contributed by atoms with E-state index in [0.29, 0.717) is 5.69 Å². The predicted octanol–water partition coefficient (Wildman–Crippen LogP) is 3.18. The van der Waals surface area contributed by atoms with Crippen LogP contribution < -0.4 is 9.62 Å². The maximum Gasteiger partial charge on any atom is 0.340 e. The van der Waals surface area contributed by atoms with Gasteiger partial charge in [0.15, 0.2) is 6.61 Å². The Kier molecular flexibility index (Phi) is 8.20. The van der Waals surface area contributed by atoms with Crippen molar-refractivity contribution < 1.29 is 22.7 Å². The van der Waals surface area contributed by atoms with E-state index in [0.717, 1.165) is 10.4 Å². The van der Waals surface area contributed by atoms with E-state index in [9.17, 15) is 18.0 Å². The molecule has 0 heterocycles. The monoisotopic (exact) mass is 448 g/mol. The summed E-state index contributed by atoms with van der Waals surface area (Å²) in [6.07, 6.45) is 2.93. The normalized spacial score (nSPS) is 10.7. The van der Waals surface area contributed by atoms with Gasteiger partial charge in [-0.1, -0.05) is 42.0 Å². The first-order valence-electron chi connectivity index (χ1n) is 8.84. The lowest BCUT2D eigenvalue weighted by atomic mass is 10.2. The largest absolute Gasteiger partial charge is 0.452 e. The van der Waals surface area contributed by atoms with Gasteiger partial charge in [0.25, 0.3) is 15.9 Å². The zero-order valence-corrected chi connectivity index (χ0v) is 17.7. The minimum atomic E-state index is -4.03. The molecule has 0 spiro atoms. The first-order valence-corrected chi connectivity index (χ1v) is 10.7. The van der Waals surface area contributed by atoms with Crippen LogP contribution in [0.15, 0.2) is 78.7 Å². The Bertz CT molecular complexity index is 1040. The van der Waals surface area contributed by atoms with E-state index in [1.54, 1.807) is 30.3 Å². The number of carbonyl (C=O) groups is 2. The molecule has 2 rings (SSSR count). The molecule has 0 atom stereocenters. The molecule has 0 saturated carbocycles. The van der Waals surface area contributed by atoms with Crippen LogP contribution in [0.25, 0.3) is 0 Å². The van der Waals surface area contributed by atoms with Gasteiger partial charge in [-0.25, -0.2) is 13.2 Å². The number of carbonyl (C=O) groups excluding carboxylic acids is 2. The summed E-state index contributed by atoms with van der Waals surface area (Å²) in [6.45, 7) is 6.79. The highest BCUT2D eigenvalue weighted by Crippen LogP contribution is 2.27. The lowest BCUT2D eigenvalue weighted by molar-refractivity contribution is -0.124. The Labute approximate surface area is 180 Å². The molecule has 9 heteroatoms. The maximum atomic E-state index is 13.2. The Morgan fingerprint density at radius 2 is 1.80 bits per heavy atom. The molecule has 0 radical (unpaired) electrons.